The van der Waals surface area contributed by atoms with Gasteiger partial charge in [-0.1, -0.05) is 30.4 Å². The van der Waals surface area contributed by atoms with E-state index in [0.29, 0.717) is 30.2 Å². The third kappa shape index (κ3) is 4.52. The summed E-state index contributed by atoms with van der Waals surface area (Å²) < 4.78 is 2.97. The summed E-state index contributed by atoms with van der Waals surface area (Å²) in [6.07, 6.45) is 6.93. The predicted molar refractivity (Wildman–Crippen MR) is 125 cm³/mol. The number of carbonyl (C=O) groups is 1. The van der Waals surface area contributed by atoms with Gasteiger partial charge >= 0.3 is 0 Å². The lowest BCUT2D eigenvalue weighted by molar-refractivity contribution is -0.385. The lowest BCUT2D eigenvalue weighted by Gasteiger charge is -2.20. The highest BCUT2D eigenvalue weighted by Gasteiger charge is 2.23. The van der Waals surface area contributed by atoms with Crippen molar-refractivity contribution in [2.24, 2.45) is 0 Å². The molecule has 0 spiro atoms. The van der Waals surface area contributed by atoms with Crippen LogP contribution in [0.25, 0.3) is 10.2 Å². The lowest BCUT2D eigenvalue weighted by atomic mass is 10.1. The number of thiazole rings is 1. The Labute approximate surface area is 189 Å². The van der Waals surface area contributed by atoms with Crippen LogP contribution >= 0.6 is 11.3 Å². The lowest BCUT2D eigenvalue weighted by Crippen LogP contribution is -2.32. The fourth-order valence-electron chi connectivity index (χ4n) is 3.50. The van der Waals surface area contributed by atoms with Crippen molar-refractivity contribution in [2.75, 3.05) is 11.4 Å². The van der Waals surface area contributed by atoms with Crippen LogP contribution in [0, 0.1) is 17.0 Å². The number of carbonyl (C=O) groups excluding carboxylic acids is 1. The molecule has 0 unspecified atom stereocenters. The molecular formula is C23H23N5O3S. The van der Waals surface area contributed by atoms with E-state index in [1.165, 1.54) is 23.0 Å². The zero-order valence-corrected chi connectivity index (χ0v) is 18.7. The Morgan fingerprint density at radius 3 is 2.81 bits per heavy atom. The third-order valence-electron chi connectivity index (χ3n) is 5.34. The van der Waals surface area contributed by atoms with Crippen LogP contribution in [0.2, 0.25) is 0 Å². The van der Waals surface area contributed by atoms with Gasteiger partial charge < -0.3 is 4.57 Å². The second-order valence-corrected chi connectivity index (χ2v) is 8.53. The molecule has 0 saturated carbocycles. The summed E-state index contributed by atoms with van der Waals surface area (Å²) in [7, 11) is 0. The zero-order valence-electron chi connectivity index (χ0n) is 17.9. The quantitative estimate of drug-likeness (QED) is 0.278. The summed E-state index contributed by atoms with van der Waals surface area (Å²) in [5.74, 6) is -0.298. The first-order valence-corrected chi connectivity index (χ1v) is 11.2. The molecule has 0 atom stereocenters. The number of fused-ring (bicyclic) bond motifs is 1. The molecule has 4 aromatic rings. The molecule has 9 heteroatoms. The maximum Gasteiger partial charge on any atom is 0.273 e. The molecule has 2 aromatic heterocycles. The highest BCUT2D eigenvalue weighted by atomic mass is 32.1. The molecule has 0 saturated heterocycles. The first-order chi connectivity index (χ1) is 15.5. The van der Waals surface area contributed by atoms with E-state index < -0.39 is 4.92 Å². The molecule has 8 nitrogen and oxygen atoms in total. The molecule has 164 valence electrons. The Morgan fingerprint density at radius 2 is 2.09 bits per heavy atom. The molecule has 0 aliphatic rings. The molecule has 0 radical (unpaired) electrons. The summed E-state index contributed by atoms with van der Waals surface area (Å²) in [5, 5.41) is 12.0. The number of hydrogen-bond donors (Lipinski definition) is 0. The molecule has 32 heavy (non-hydrogen) atoms. The maximum absolute atomic E-state index is 13.5. The number of aromatic nitrogens is 3. The second kappa shape index (κ2) is 9.27. The van der Waals surface area contributed by atoms with Gasteiger partial charge in [-0.25, -0.2) is 9.97 Å². The summed E-state index contributed by atoms with van der Waals surface area (Å²) >= 11 is 1.46. The smallest absolute Gasteiger partial charge is 0.273 e. The Morgan fingerprint density at radius 1 is 1.25 bits per heavy atom. The summed E-state index contributed by atoms with van der Waals surface area (Å²) in [4.78, 5) is 34.8. The number of nitro groups is 1. The van der Waals surface area contributed by atoms with E-state index in [1.54, 1.807) is 36.5 Å². The minimum absolute atomic E-state index is 0.0638. The largest absolute Gasteiger partial charge is 0.337 e. The first kappa shape index (κ1) is 21.6. The minimum atomic E-state index is -0.459. The number of imidazole rings is 1. The van der Waals surface area contributed by atoms with Gasteiger partial charge in [0, 0.05) is 42.7 Å². The molecule has 0 bridgehead atoms. The molecule has 0 aliphatic heterocycles. The van der Waals surface area contributed by atoms with Gasteiger partial charge in [0.2, 0.25) is 0 Å². The molecule has 1 amide bonds. The molecular weight excluding hydrogens is 426 g/mol. The predicted octanol–water partition coefficient (Wildman–Crippen LogP) is 5.01. The molecule has 2 heterocycles. The van der Waals surface area contributed by atoms with Crippen LogP contribution in [-0.4, -0.2) is 31.9 Å². The minimum Gasteiger partial charge on any atom is -0.337 e. The standard InChI is InChI=1S/C23H23N5O3S/c1-3-17-6-8-19-21(13-17)32-23(25-19)27(11-4-10-26-12-9-24-15-26)22(29)18-7-5-16(2)20(14-18)28(30)31/h5-9,12-15H,3-4,10-11H2,1-2H3. The monoisotopic (exact) mass is 449 g/mol. The van der Waals surface area contributed by atoms with Crippen molar-refractivity contribution in [3.63, 3.8) is 0 Å². The van der Waals surface area contributed by atoms with Crippen molar-refractivity contribution in [3.8, 4) is 0 Å². The van der Waals surface area contributed by atoms with Crippen molar-refractivity contribution < 1.29 is 9.72 Å². The molecule has 0 fully saturated rings. The van der Waals surface area contributed by atoms with E-state index in [0.717, 1.165) is 16.6 Å². The van der Waals surface area contributed by atoms with E-state index in [2.05, 4.69) is 18.0 Å². The molecule has 2 aromatic carbocycles. The van der Waals surface area contributed by atoms with E-state index >= 15 is 0 Å². The Hall–Kier alpha value is -3.59. The summed E-state index contributed by atoms with van der Waals surface area (Å²) in [5.41, 5.74) is 2.78. The van der Waals surface area contributed by atoms with Gasteiger partial charge in [0.05, 0.1) is 21.5 Å². The number of rotatable bonds is 8. The normalized spacial score (nSPS) is 11.1. The Balaban J connectivity index is 1.67. The Kier molecular flexibility index (Phi) is 6.27. The van der Waals surface area contributed by atoms with Gasteiger partial charge in [0.15, 0.2) is 5.13 Å². The average Bonchev–Trinajstić information content (AvgIpc) is 3.45. The topological polar surface area (TPSA) is 94.2 Å². The number of benzene rings is 2. The number of anilines is 1. The fourth-order valence-corrected chi connectivity index (χ4v) is 4.56. The summed E-state index contributed by atoms with van der Waals surface area (Å²) in [6.45, 7) is 4.88. The van der Waals surface area contributed by atoms with Gasteiger partial charge in [-0.2, -0.15) is 0 Å². The van der Waals surface area contributed by atoms with Crippen LogP contribution in [0.4, 0.5) is 10.8 Å². The van der Waals surface area contributed by atoms with E-state index in [4.69, 9.17) is 4.98 Å². The van der Waals surface area contributed by atoms with Crippen molar-refractivity contribution in [1.29, 1.82) is 0 Å². The van der Waals surface area contributed by atoms with Crippen LogP contribution in [0.1, 0.15) is 34.8 Å². The van der Waals surface area contributed by atoms with Crippen molar-refractivity contribution in [2.45, 2.75) is 33.2 Å². The van der Waals surface area contributed by atoms with Gasteiger partial charge in [-0.15, -0.1) is 0 Å². The average molecular weight is 450 g/mol. The maximum atomic E-state index is 13.5. The van der Waals surface area contributed by atoms with Gasteiger partial charge in [0.25, 0.3) is 11.6 Å². The molecule has 0 aliphatic carbocycles. The zero-order chi connectivity index (χ0) is 22.7. The number of aryl methyl sites for hydroxylation is 3. The highest BCUT2D eigenvalue weighted by molar-refractivity contribution is 7.22. The Bertz CT molecular complexity index is 1270. The van der Waals surface area contributed by atoms with Crippen molar-refractivity contribution in [3.05, 3.63) is 81.9 Å². The second-order valence-electron chi connectivity index (χ2n) is 7.52. The van der Waals surface area contributed by atoms with E-state index in [9.17, 15) is 14.9 Å². The van der Waals surface area contributed by atoms with Gasteiger partial charge in [-0.3, -0.25) is 19.8 Å². The van der Waals surface area contributed by atoms with Crippen LogP contribution in [0.3, 0.4) is 0 Å². The van der Waals surface area contributed by atoms with Crippen molar-refractivity contribution in [1.82, 2.24) is 14.5 Å². The number of hydrogen-bond acceptors (Lipinski definition) is 6. The highest BCUT2D eigenvalue weighted by Crippen LogP contribution is 2.31. The van der Waals surface area contributed by atoms with Crippen LogP contribution in [-0.2, 0) is 13.0 Å². The van der Waals surface area contributed by atoms with Crippen molar-refractivity contribution >= 4 is 38.3 Å². The number of amides is 1. The number of nitro benzene ring substituents is 1. The number of nitrogens with zero attached hydrogens (tertiary/aromatic N) is 5. The SMILES string of the molecule is CCc1ccc2nc(N(CCCn3ccnc3)C(=O)c3ccc(C)c([N+](=O)[O-])c3)sc2c1. The van der Waals surface area contributed by atoms with E-state index in [1.807, 2.05) is 22.9 Å². The fraction of sp³-hybridized carbons (Fsp3) is 0.261. The third-order valence-corrected chi connectivity index (χ3v) is 6.38. The summed E-state index contributed by atoms with van der Waals surface area (Å²) in [6, 6.07) is 10.7. The van der Waals surface area contributed by atoms with Crippen LogP contribution in [0.15, 0.2) is 55.1 Å². The molecule has 4 rings (SSSR count). The van der Waals surface area contributed by atoms with Gasteiger partial charge in [-0.05, 0) is 43.5 Å². The van der Waals surface area contributed by atoms with Crippen LogP contribution < -0.4 is 4.90 Å². The first-order valence-electron chi connectivity index (χ1n) is 10.4. The van der Waals surface area contributed by atoms with Crippen LogP contribution in [0.5, 0.6) is 0 Å². The molecule has 0 N–H and O–H groups in total. The van der Waals surface area contributed by atoms with Gasteiger partial charge in [0.1, 0.15) is 0 Å². The van der Waals surface area contributed by atoms with E-state index in [-0.39, 0.29) is 17.2 Å².